The number of carbonyl (C=O) groups is 1. The third kappa shape index (κ3) is 3.57. The number of hydrogen-bond acceptors (Lipinski definition) is 2. The first-order valence-corrected chi connectivity index (χ1v) is 4.25. The van der Waals surface area contributed by atoms with Crippen LogP contribution in [0.1, 0.15) is 27.7 Å². The first kappa shape index (κ1) is 11.2. The highest BCUT2D eigenvalue weighted by Crippen LogP contribution is 1.99. The third-order valence-corrected chi connectivity index (χ3v) is 1.57. The van der Waals surface area contributed by atoms with Crippen LogP contribution < -0.4 is 10.7 Å². The summed E-state index contributed by atoms with van der Waals surface area (Å²) in [5, 5.41) is 4.42. The van der Waals surface area contributed by atoms with Crippen molar-refractivity contribution < 1.29 is 4.79 Å². The summed E-state index contributed by atoms with van der Waals surface area (Å²) in [6.07, 6.45) is 0. The van der Waals surface area contributed by atoms with Crippen molar-refractivity contribution in [3.05, 3.63) is 0 Å². The minimum absolute atomic E-state index is 0.169. The summed E-state index contributed by atoms with van der Waals surface area (Å²) in [5.41, 5.74) is 2.75. The molecule has 12 heavy (non-hydrogen) atoms. The maximum atomic E-state index is 11.0. The van der Waals surface area contributed by atoms with Gasteiger partial charge in [-0.1, -0.05) is 0 Å². The van der Waals surface area contributed by atoms with Crippen molar-refractivity contribution in [2.45, 2.75) is 39.8 Å². The van der Waals surface area contributed by atoms with Gasteiger partial charge < -0.3 is 5.32 Å². The van der Waals surface area contributed by atoms with Crippen LogP contribution in [-0.2, 0) is 0 Å². The van der Waals surface area contributed by atoms with E-state index in [1.165, 1.54) is 0 Å². The van der Waals surface area contributed by atoms with Gasteiger partial charge in [-0.05, 0) is 27.7 Å². The third-order valence-electron chi connectivity index (χ3n) is 1.57. The molecule has 0 fully saturated rings. The predicted octanol–water partition coefficient (Wildman–Crippen LogP) is 0.949. The fourth-order valence-electron chi connectivity index (χ4n) is 1.03. The zero-order valence-corrected chi connectivity index (χ0v) is 8.51. The monoisotopic (exact) mass is 173 g/mol. The second-order valence-corrected chi connectivity index (χ2v) is 3.29. The highest BCUT2D eigenvalue weighted by Gasteiger charge is 2.14. The Morgan fingerprint density at radius 2 is 1.58 bits per heavy atom. The summed E-state index contributed by atoms with van der Waals surface area (Å²) in [5.74, 6) is 0. The number of nitrogens with one attached hydrogen (secondary N) is 2. The molecule has 4 nitrogen and oxygen atoms in total. The lowest BCUT2D eigenvalue weighted by Crippen LogP contribution is -2.52. The molecule has 0 aliphatic carbocycles. The summed E-state index contributed by atoms with van der Waals surface area (Å²) >= 11 is 0. The zero-order valence-electron chi connectivity index (χ0n) is 8.51. The minimum atomic E-state index is -0.169. The number of rotatable bonds is 3. The summed E-state index contributed by atoms with van der Waals surface area (Å²) in [6.45, 7) is 8.15. The Labute approximate surface area is 74.3 Å². The largest absolute Gasteiger partial charge is 0.340 e. The van der Waals surface area contributed by atoms with Crippen LogP contribution in [0.15, 0.2) is 0 Å². The molecule has 0 aliphatic heterocycles. The molecule has 2 amide bonds. The van der Waals surface area contributed by atoms with Crippen molar-refractivity contribution in [3.8, 4) is 0 Å². The second kappa shape index (κ2) is 4.98. The van der Waals surface area contributed by atoms with E-state index in [0.29, 0.717) is 12.1 Å². The quantitative estimate of drug-likeness (QED) is 0.624. The average molecular weight is 173 g/mol. The molecule has 0 aromatic heterocycles. The van der Waals surface area contributed by atoms with E-state index >= 15 is 0 Å². The van der Waals surface area contributed by atoms with Crippen LogP contribution in [0.3, 0.4) is 0 Å². The number of hydrazine groups is 1. The van der Waals surface area contributed by atoms with Crippen molar-refractivity contribution in [1.29, 1.82) is 0 Å². The van der Waals surface area contributed by atoms with E-state index < -0.39 is 0 Å². The Morgan fingerprint density at radius 1 is 1.17 bits per heavy atom. The van der Waals surface area contributed by atoms with Gasteiger partial charge in [-0.2, -0.15) is 0 Å². The van der Waals surface area contributed by atoms with Gasteiger partial charge in [0.1, 0.15) is 0 Å². The molecule has 0 aromatic rings. The molecule has 0 heterocycles. The van der Waals surface area contributed by atoms with E-state index in [1.807, 2.05) is 32.7 Å². The highest BCUT2D eigenvalue weighted by atomic mass is 16.2. The first-order chi connectivity index (χ1) is 5.49. The lowest BCUT2D eigenvalue weighted by molar-refractivity contribution is 0.114. The van der Waals surface area contributed by atoms with E-state index in [0.717, 1.165) is 0 Å². The molecule has 0 unspecified atom stereocenters. The van der Waals surface area contributed by atoms with Crippen LogP contribution in [0.5, 0.6) is 0 Å². The van der Waals surface area contributed by atoms with E-state index in [-0.39, 0.29) is 6.03 Å². The molecule has 0 saturated carbocycles. The zero-order chi connectivity index (χ0) is 9.72. The Balaban J connectivity index is 4.05. The van der Waals surface area contributed by atoms with Crippen molar-refractivity contribution in [2.75, 3.05) is 7.05 Å². The minimum Gasteiger partial charge on any atom is -0.340 e. The van der Waals surface area contributed by atoms with Gasteiger partial charge in [0.15, 0.2) is 0 Å². The van der Waals surface area contributed by atoms with E-state index in [9.17, 15) is 4.79 Å². The Morgan fingerprint density at radius 3 is 1.83 bits per heavy atom. The van der Waals surface area contributed by atoms with Gasteiger partial charge in [0.2, 0.25) is 0 Å². The predicted molar refractivity (Wildman–Crippen MR) is 49.7 cm³/mol. The number of amides is 2. The SMILES string of the molecule is CNC(=O)NN(C(C)C)C(C)C. The summed E-state index contributed by atoms with van der Waals surface area (Å²) in [4.78, 5) is 11.0. The normalized spacial score (nSPS) is 11.0. The van der Waals surface area contributed by atoms with Crippen LogP contribution in [0.4, 0.5) is 4.79 Å². The van der Waals surface area contributed by atoms with Gasteiger partial charge in [-0.3, -0.25) is 5.43 Å². The summed E-state index contributed by atoms with van der Waals surface area (Å²) in [7, 11) is 1.61. The van der Waals surface area contributed by atoms with Crippen molar-refractivity contribution in [1.82, 2.24) is 15.8 Å². The molecule has 0 radical (unpaired) electrons. The molecular formula is C8H19N3O. The molecule has 72 valence electrons. The van der Waals surface area contributed by atoms with Crippen LogP contribution in [0, 0.1) is 0 Å². The topological polar surface area (TPSA) is 44.4 Å². The van der Waals surface area contributed by atoms with Crippen molar-refractivity contribution in [2.24, 2.45) is 0 Å². The van der Waals surface area contributed by atoms with Crippen LogP contribution in [0.2, 0.25) is 0 Å². The molecule has 0 rings (SSSR count). The molecule has 0 spiro atoms. The van der Waals surface area contributed by atoms with Gasteiger partial charge in [-0.15, -0.1) is 0 Å². The fourth-order valence-corrected chi connectivity index (χ4v) is 1.03. The summed E-state index contributed by atoms with van der Waals surface area (Å²) < 4.78 is 0. The molecular weight excluding hydrogens is 154 g/mol. The van der Waals surface area contributed by atoms with Gasteiger partial charge in [0, 0.05) is 19.1 Å². The molecule has 0 saturated heterocycles. The van der Waals surface area contributed by atoms with Gasteiger partial charge in [-0.25, -0.2) is 9.80 Å². The summed E-state index contributed by atoms with van der Waals surface area (Å²) in [6, 6.07) is 0.446. The van der Waals surface area contributed by atoms with E-state index in [4.69, 9.17) is 0 Å². The fraction of sp³-hybridized carbons (Fsp3) is 0.875. The number of nitrogens with zero attached hydrogens (tertiary/aromatic N) is 1. The van der Waals surface area contributed by atoms with E-state index in [2.05, 4.69) is 10.7 Å². The first-order valence-electron chi connectivity index (χ1n) is 4.25. The van der Waals surface area contributed by atoms with Crippen molar-refractivity contribution >= 4 is 6.03 Å². The molecule has 0 aliphatic rings. The smallest absolute Gasteiger partial charge is 0.329 e. The number of carbonyl (C=O) groups excluding carboxylic acids is 1. The van der Waals surface area contributed by atoms with Crippen LogP contribution in [0.25, 0.3) is 0 Å². The molecule has 4 heteroatoms. The Kier molecular flexibility index (Phi) is 4.66. The lowest BCUT2D eigenvalue weighted by Gasteiger charge is -2.30. The number of hydrogen-bond donors (Lipinski definition) is 2. The Hall–Kier alpha value is -0.770. The average Bonchev–Trinajstić information content (AvgIpc) is 1.98. The Bertz CT molecular complexity index is 137. The maximum Gasteiger partial charge on any atom is 0.329 e. The molecule has 0 atom stereocenters. The van der Waals surface area contributed by atoms with Gasteiger partial charge in [0.25, 0.3) is 0 Å². The maximum absolute atomic E-state index is 11.0. The highest BCUT2D eigenvalue weighted by molar-refractivity contribution is 5.72. The standard InChI is InChI=1S/C8H19N3O/c1-6(2)11(7(3)4)10-8(12)9-5/h6-7H,1-5H3,(H2,9,10,12). The van der Waals surface area contributed by atoms with Gasteiger partial charge >= 0.3 is 6.03 Å². The molecule has 0 aromatic carbocycles. The molecule has 2 N–H and O–H groups in total. The second-order valence-electron chi connectivity index (χ2n) is 3.29. The lowest BCUT2D eigenvalue weighted by atomic mass is 10.3. The van der Waals surface area contributed by atoms with Crippen molar-refractivity contribution in [3.63, 3.8) is 0 Å². The van der Waals surface area contributed by atoms with Crippen LogP contribution in [-0.4, -0.2) is 30.2 Å². The van der Waals surface area contributed by atoms with Crippen LogP contribution >= 0.6 is 0 Å². The van der Waals surface area contributed by atoms with E-state index in [1.54, 1.807) is 7.05 Å². The number of urea groups is 1. The molecule has 0 bridgehead atoms. The van der Waals surface area contributed by atoms with Gasteiger partial charge in [0.05, 0.1) is 0 Å².